The van der Waals surface area contributed by atoms with Crippen LogP contribution in [0.4, 0.5) is 8.78 Å². The van der Waals surface area contributed by atoms with E-state index < -0.39 is 17.7 Å². The summed E-state index contributed by atoms with van der Waals surface area (Å²) in [6.07, 6.45) is 9.70. The molecule has 3 rings (SSSR count). The second kappa shape index (κ2) is 9.04. The molecule has 0 radical (unpaired) electrons. The molecule has 0 saturated heterocycles. The highest BCUT2D eigenvalue weighted by Crippen LogP contribution is 2.41. The number of allylic oxidation sites excluding steroid dienone is 3. The van der Waals surface area contributed by atoms with Crippen molar-refractivity contribution in [1.82, 2.24) is 4.98 Å². The Morgan fingerprint density at radius 1 is 1.24 bits per heavy atom. The molecule has 0 aliphatic carbocycles. The van der Waals surface area contributed by atoms with E-state index in [-0.39, 0.29) is 5.56 Å². The fraction of sp³-hybridized carbons (Fsp3) is 0.130. The lowest BCUT2D eigenvalue weighted by Crippen LogP contribution is -2.02. The number of halogens is 2. The highest BCUT2D eigenvalue weighted by molar-refractivity contribution is 5.80. The van der Waals surface area contributed by atoms with Crippen LogP contribution in [-0.2, 0) is 0 Å². The highest BCUT2D eigenvalue weighted by atomic mass is 19.1. The van der Waals surface area contributed by atoms with Crippen molar-refractivity contribution < 1.29 is 13.2 Å². The molecule has 3 aromatic rings. The number of furan rings is 1. The van der Waals surface area contributed by atoms with Crippen LogP contribution in [0.3, 0.4) is 0 Å². The standard InChI is InChI=1S/C23H18F2N2O2/c1-3-6-15(7-4-2)23-21(22(27-28)16-8-5-11-26-13-16)19(14-29-23)18-10-9-17(24)12-20(18)25/h3-6,8-14,22H,1-2H3/b6-3-. The zero-order valence-electron chi connectivity index (χ0n) is 15.9. The molecular weight excluding hydrogens is 374 g/mol. The van der Waals surface area contributed by atoms with E-state index >= 15 is 0 Å². The lowest BCUT2D eigenvalue weighted by molar-refractivity contribution is 0.548. The minimum Gasteiger partial charge on any atom is -0.463 e. The van der Waals surface area contributed by atoms with Crippen LogP contribution in [0.25, 0.3) is 16.7 Å². The molecule has 1 aromatic carbocycles. The molecule has 2 heterocycles. The molecule has 0 amide bonds. The molecule has 4 nitrogen and oxygen atoms in total. The summed E-state index contributed by atoms with van der Waals surface area (Å²) in [6.45, 7) is 3.63. The van der Waals surface area contributed by atoms with Crippen LogP contribution in [0.1, 0.15) is 36.8 Å². The summed E-state index contributed by atoms with van der Waals surface area (Å²) < 4.78 is 33.7. The molecule has 146 valence electrons. The predicted octanol–water partition coefficient (Wildman–Crippen LogP) is 6.61. The van der Waals surface area contributed by atoms with Crippen LogP contribution >= 0.6 is 0 Å². The Labute approximate surface area is 166 Å². The normalized spacial score (nSPS) is 11.9. The van der Waals surface area contributed by atoms with Gasteiger partial charge in [-0.1, -0.05) is 17.3 Å². The SMILES string of the molecule is CC=C=C(/C=C\C)c1occ(-c2ccc(F)cc2F)c1C(N=O)c1cccnc1. The van der Waals surface area contributed by atoms with E-state index in [1.54, 1.807) is 43.5 Å². The Morgan fingerprint density at radius 2 is 2.07 bits per heavy atom. The van der Waals surface area contributed by atoms with Gasteiger partial charge < -0.3 is 4.42 Å². The molecule has 1 unspecified atom stereocenters. The fourth-order valence-corrected chi connectivity index (χ4v) is 3.09. The molecule has 0 fully saturated rings. The summed E-state index contributed by atoms with van der Waals surface area (Å²) in [5.74, 6) is -1.14. The van der Waals surface area contributed by atoms with Gasteiger partial charge in [-0.2, -0.15) is 0 Å². The Balaban J connectivity index is 2.33. The third-order valence-corrected chi connectivity index (χ3v) is 4.31. The van der Waals surface area contributed by atoms with Crippen LogP contribution in [0, 0.1) is 16.5 Å². The van der Waals surface area contributed by atoms with Gasteiger partial charge in [0.15, 0.2) is 0 Å². The molecule has 0 aliphatic rings. The Morgan fingerprint density at radius 3 is 2.69 bits per heavy atom. The second-order valence-electron chi connectivity index (χ2n) is 6.16. The summed E-state index contributed by atoms with van der Waals surface area (Å²) >= 11 is 0. The van der Waals surface area contributed by atoms with Crippen LogP contribution in [0.2, 0.25) is 0 Å². The van der Waals surface area contributed by atoms with Crippen molar-refractivity contribution in [2.45, 2.75) is 19.9 Å². The average Bonchev–Trinajstić information content (AvgIpc) is 3.14. The smallest absolute Gasteiger partial charge is 0.148 e. The Hall–Kier alpha value is -3.63. The number of rotatable bonds is 6. The van der Waals surface area contributed by atoms with Gasteiger partial charge in [0.05, 0.1) is 11.8 Å². The predicted molar refractivity (Wildman–Crippen MR) is 108 cm³/mol. The van der Waals surface area contributed by atoms with Crippen molar-refractivity contribution in [1.29, 1.82) is 0 Å². The first-order valence-electron chi connectivity index (χ1n) is 8.94. The molecule has 0 N–H and O–H groups in total. The van der Waals surface area contributed by atoms with Crippen molar-refractivity contribution in [2.24, 2.45) is 5.18 Å². The minimum atomic E-state index is -1.00. The molecule has 6 heteroatoms. The van der Waals surface area contributed by atoms with Crippen LogP contribution in [0.15, 0.2) is 82.5 Å². The fourth-order valence-electron chi connectivity index (χ4n) is 3.09. The van der Waals surface area contributed by atoms with Gasteiger partial charge in [0.1, 0.15) is 23.4 Å². The van der Waals surface area contributed by atoms with E-state index in [0.717, 1.165) is 12.1 Å². The Bertz CT molecular complexity index is 1110. The molecule has 1 atom stereocenters. The average molecular weight is 392 g/mol. The Kier molecular flexibility index (Phi) is 6.27. The number of hydrogen-bond donors (Lipinski definition) is 0. The molecule has 29 heavy (non-hydrogen) atoms. The molecule has 2 aromatic heterocycles. The van der Waals surface area contributed by atoms with Gasteiger partial charge >= 0.3 is 0 Å². The molecule has 0 spiro atoms. The summed E-state index contributed by atoms with van der Waals surface area (Å²) in [5, 5.41) is 3.28. The van der Waals surface area contributed by atoms with E-state index in [9.17, 15) is 13.7 Å². The van der Waals surface area contributed by atoms with Gasteiger partial charge in [-0.05, 0) is 44.2 Å². The van der Waals surface area contributed by atoms with Crippen molar-refractivity contribution >= 4 is 5.57 Å². The monoisotopic (exact) mass is 392 g/mol. The molecular formula is C23H18F2N2O2. The third-order valence-electron chi connectivity index (χ3n) is 4.31. The topological polar surface area (TPSA) is 55.5 Å². The summed E-state index contributed by atoms with van der Waals surface area (Å²) in [7, 11) is 0. The maximum Gasteiger partial charge on any atom is 0.148 e. The van der Waals surface area contributed by atoms with Crippen molar-refractivity contribution in [3.05, 3.63) is 106 Å². The highest BCUT2D eigenvalue weighted by Gasteiger charge is 2.28. The van der Waals surface area contributed by atoms with Crippen LogP contribution < -0.4 is 0 Å². The summed E-state index contributed by atoms with van der Waals surface area (Å²) in [4.78, 5) is 15.9. The maximum atomic E-state index is 14.5. The number of pyridine rings is 1. The van der Waals surface area contributed by atoms with Crippen molar-refractivity contribution in [3.8, 4) is 11.1 Å². The quantitative estimate of drug-likeness (QED) is 0.269. The number of benzene rings is 1. The number of hydrogen-bond acceptors (Lipinski definition) is 4. The zero-order chi connectivity index (χ0) is 20.8. The minimum absolute atomic E-state index is 0.106. The van der Waals surface area contributed by atoms with Crippen molar-refractivity contribution in [3.63, 3.8) is 0 Å². The third kappa shape index (κ3) is 4.13. The first-order chi connectivity index (χ1) is 14.1. The van der Waals surface area contributed by atoms with E-state index in [0.29, 0.717) is 28.0 Å². The summed E-state index contributed by atoms with van der Waals surface area (Å²) in [5.41, 5.74) is 4.92. The number of aromatic nitrogens is 1. The van der Waals surface area contributed by atoms with Gasteiger partial charge in [0.25, 0.3) is 0 Å². The van der Waals surface area contributed by atoms with E-state index in [1.807, 2.05) is 6.92 Å². The molecule has 0 saturated carbocycles. The first kappa shape index (κ1) is 20.1. The lowest BCUT2D eigenvalue weighted by Gasteiger charge is -2.13. The second-order valence-corrected chi connectivity index (χ2v) is 6.16. The van der Waals surface area contributed by atoms with Gasteiger partial charge in [-0.15, -0.1) is 10.6 Å². The van der Waals surface area contributed by atoms with Gasteiger partial charge in [-0.25, -0.2) is 8.78 Å². The number of nitrogens with zero attached hydrogens (tertiary/aromatic N) is 2. The van der Waals surface area contributed by atoms with Gasteiger partial charge in [-0.3, -0.25) is 4.98 Å². The van der Waals surface area contributed by atoms with Crippen molar-refractivity contribution in [2.75, 3.05) is 0 Å². The molecule has 0 bridgehead atoms. The maximum absolute atomic E-state index is 14.5. The van der Waals surface area contributed by atoms with Gasteiger partial charge in [0.2, 0.25) is 0 Å². The lowest BCUT2D eigenvalue weighted by atomic mass is 9.91. The van der Waals surface area contributed by atoms with E-state index in [1.165, 1.54) is 18.5 Å². The first-order valence-corrected chi connectivity index (χ1v) is 8.94. The van der Waals surface area contributed by atoms with E-state index in [4.69, 9.17) is 4.42 Å². The van der Waals surface area contributed by atoms with Crippen LogP contribution in [0.5, 0.6) is 0 Å². The summed E-state index contributed by atoms with van der Waals surface area (Å²) in [6, 6.07) is 5.62. The number of nitroso groups, excluding NO2 is 1. The van der Waals surface area contributed by atoms with E-state index in [2.05, 4.69) is 15.9 Å². The van der Waals surface area contributed by atoms with Gasteiger partial charge in [0, 0.05) is 40.7 Å². The largest absolute Gasteiger partial charge is 0.463 e. The molecule has 0 aliphatic heterocycles. The zero-order valence-corrected chi connectivity index (χ0v) is 15.9. The van der Waals surface area contributed by atoms with Crippen LogP contribution in [-0.4, -0.2) is 4.98 Å².